The van der Waals surface area contributed by atoms with Crippen LogP contribution in [0, 0.1) is 12.3 Å². The molecular formula is C14H21NO4. The van der Waals surface area contributed by atoms with Crippen molar-refractivity contribution in [3.8, 4) is 11.5 Å². The van der Waals surface area contributed by atoms with Gasteiger partial charge in [-0.1, -0.05) is 0 Å². The van der Waals surface area contributed by atoms with Crippen molar-refractivity contribution < 1.29 is 19.4 Å². The summed E-state index contributed by atoms with van der Waals surface area (Å²) in [6.07, 6.45) is 0. The number of aryl methyl sites for hydroxylation is 1. The van der Waals surface area contributed by atoms with E-state index in [0.717, 1.165) is 17.0 Å². The first kappa shape index (κ1) is 15.1. The fourth-order valence-electron chi connectivity index (χ4n) is 1.58. The fraction of sp³-hybridized carbons (Fsp3) is 0.500. The summed E-state index contributed by atoms with van der Waals surface area (Å²) in [5.41, 5.74) is 0.824. The van der Waals surface area contributed by atoms with Crippen LogP contribution in [0.5, 0.6) is 11.5 Å². The number of rotatable bonds is 6. The first-order valence-corrected chi connectivity index (χ1v) is 6.01. The molecule has 0 aromatic heterocycles. The highest BCUT2D eigenvalue weighted by Gasteiger charge is 2.27. The van der Waals surface area contributed by atoms with Crippen LogP contribution in [0.2, 0.25) is 0 Å². The minimum Gasteiger partial charge on any atom is -0.496 e. The van der Waals surface area contributed by atoms with Gasteiger partial charge < -0.3 is 19.9 Å². The van der Waals surface area contributed by atoms with Crippen LogP contribution < -0.4 is 14.8 Å². The van der Waals surface area contributed by atoms with Crippen LogP contribution in [-0.4, -0.2) is 31.8 Å². The van der Waals surface area contributed by atoms with Crippen molar-refractivity contribution in [2.75, 3.05) is 26.1 Å². The average molecular weight is 267 g/mol. The summed E-state index contributed by atoms with van der Waals surface area (Å²) in [5, 5.41) is 12.2. The van der Waals surface area contributed by atoms with Crippen LogP contribution in [0.4, 0.5) is 5.69 Å². The first-order valence-electron chi connectivity index (χ1n) is 6.01. The molecule has 0 fully saturated rings. The van der Waals surface area contributed by atoms with Gasteiger partial charge in [0.15, 0.2) is 0 Å². The summed E-state index contributed by atoms with van der Waals surface area (Å²) < 4.78 is 10.5. The molecule has 1 aromatic carbocycles. The zero-order chi connectivity index (χ0) is 14.6. The van der Waals surface area contributed by atoms with Crippen molar-refractivity contribution in [2.24, 2.45) is 5.41 Å². The van der Waals surface area contributed by atoms with E-state index < -0.39 is 11.4 Å². The maximum Gasteiger partial charge on any atom is 0.310 e. The summed E-state index contributed by atoms with van der Waals surface area (Å²) in [7, 11) is 3.18. The number of benzene rings is 1. The summed E-state index contributed by atoms with van der Waals surface area (Å²) in [5.74, 6) is 0.550. The third-order valence-electron chi connectivity index (χ3n) is 3.02. The molecule has 0 bridgehead atoms. The average Bonchev–Trinajstić information content (AvgIpc) is 2.36. The molecule has 106 valence electrons. The highest BCUT2D eigenvalue weighted by Crippen LogP contribution is 2.33. The van der Waals surface area contributed by atoms with Crippen molar-refractivity contribution in [2.45, 2.75) is 20.8 Å². The molecule has 0 amide bonds. The van der Waals surface area contributed by atoms with E-state index in [-0.39, 0.29) is 0 Å². The van der Waals surface area contributed by atoms with Gasteiger partial charge >= 0.3 is 5.97 Å². The van der Waals surface area contributed by atoms with Crippen molar-refractivity contribution in [1.82, 2.24) is 0 Å². The Morgan fingerprint density at radius 3 is 2.32 bits per heavy atom. The fourth-order valence-corrected chi connectivity index (χ4v) is 1.58. The lowest BCUT2D eigenvalue weighted by Gasteiger charge is -2.22. The van der Waals surface area contributed by atoms with E-state index in [1.807, 2.05) is 19.1 Å². The van der Waals surface area contributed by atoms with Crippen LogP contribution >= 0.6 is 0 Å². The van der Waals surface area contributed by atoms with Gasteiger partial charge in [-0.15, -0.1) is 0 Å². The van der Waals surface area contributed by atoms with Crippen LogP contribution in [0.3, 0.4) is 0 Å². The van der Waals surface area contributed by atoms with E-state index >= 15 is 0 Å². The van der Waals surface area contributed by atoms with Crippen molar-refractivity contribution in [3.05, 3.63) is 17.7 Å². The Kier molecular flexibility index (Phi) is 4.64. The number of aliphatic carboxylic acids is 1. The number of carboxylic acids is 1. The third kappa shape index (κ3) is 3.53. The van der Waals surface area contributed by atoms with Crippen molar-refractivity contribution >= 4 is 11.7 Å². The molecule has 1 rings (SSSR count). The van der Waals surface area contributed by atoms with E-state index in [9.17, 15) is 4.79 Å². The lowest BCUT2D eigenvalue weighted by Crippen LogP contribution is -2.31. The molecular weight excluding hydrogens is 246 g/mol. The largest absolute Gasteiger partial charge is 0.496 e. The highest BCUT2D eigenvalue weighted by atomic mass is 16.5. The molecule has 0 atom stereocenters. The Morgan fingerprint density at radius 1 is 1.26 bits per heavy atom. The van der Waals surface area contributed by atoms with Gasteiger partial charge in [-0.2, -0.15) is 0 Å². The maximum absolute atomic E-state index is 11.1. The summed E-state index contributed by atoms with van der Waals surface area (Å²) >= 11 is 0. The number of hydrogen-bond acceptors (Lipinski definition) is 4. The molecule has 5 heteroatoms. The highest BCUT2D eigenvalue weighted by molar-refractivity contribution is 5.75. The summed E-state index contributed by atoms with van der Waals surface area (Å²) in [6, 6.07) is 3.67. The molecule has 0 saturated heterocycles. The molecule has 0 heterocycles. The van der Waals surface area contributed by atoms with Gasteiger partial charge in [0.25, 0.3) is 0 Å². The Balaban J connectivity index is 2.97. The molecule has 1 aromatic rings. The molecule has 2 N–H and O–H groups in total. The minimum absolute atomic E-state index is 0.297. The number of carbonyl (C=O) groups is 1. The molecule has 5 nitrogen and oxygen atoms in total. The molecule has 0 aliphatic carbocycles. The minimum atomic E-state index is -0.858. The Labute approximate surface area is 113 Å². The third-order valence-corrected chi connectivity index (χ3v) is 3.02. The lowest BCUT2D eigenvalue weighted by molar-refractivity contribution is -0.146. The standard InChI is InChI=1S/C14H21NO4/c1-9-6-12(19-5)10(7-11(9)18-4)15-8-14(2,3)13(16)17/h6-7,15H,8H2,1-5H3,(H,16,17). The zero-order valence-electron chi connectivity index (χ0n) is 12.0. The molecule has 0 unspecified atom stereocenters. The van der Waals surface area contributed by atoms with E-state index in [2.05, 4.69) is 5.32 Å². The van der Waals surface area contributed by atoms with Crippen molar-refractivity contribution in [1.29, 1.82) is 0 Å². The summed E-state index contributed by atoms with van der Waals surface area (Å²) in [4.78, 5) is 11.1. The second kappa shape index (κ2) is 5.82. The lowest BCUT2D eigenvalue weighted by atomic mass is 9.94. The molecule has 0 saturated carbocycles. The Morgan fingerprint density at radius 2 is 1.84 bits per heavy atom. The number of anilines is 1. The normalized spacial score (nSPS) is 11.0. The smallest absolute Gasteiger partial charge is 0.310 e. The van der Waals surface area contributed by atoms with Crippen molar-refractivity contribution in [3.63, 3.8) is 0 Å². The number of methoxy groups -OCH3 is 2. The van der Waals surface area contributed by atoms with Gasteiger partial charge in [0, 0.05) is 12.6 Å². The quantitative estimate of drug-likeness (QED) is 0.829. The number of carboxylic acid groups (broad SMARTS) is 1. The van der Waals surface area contributed by atoms with E-state index in [1.165, 1.54) is 0 Å². The number of ether oxygens (including phenoxy) is 2. The molecule has 0 aliphatic heterocycles. The Bertz CT molecular complexity index is 469. The van der Waals surface area contributed by atoms with E-state index in [1.54, 1.807) is 28.1 Å². The second-order valence-corrected chi connectivity index (χ2v) is 5.06. The van der Waals surface area contributed by atoms with Gasteiger partial charge in [-0.25, -0.2) is 0 Å². The second-order valence-electron chi connectivity index (χ2n) is 5.06. The molecule has 19 heavy (non-hydrogen) atoms. The monoisotopic (exact) mass is 267 g/mol. The number of hydrogen-bond donors (Lipinski definition) is 2. The number of nitrogens with one attached hydrogen (secondary N) is 1. The zero-order valence-corrected chi connectivity index (χ0v) is 12.0. The predicted molar refractivity (Wildman–Crippen MR) is 74.2 cm³/mol. The van der Waals surface area contributed by atoms with E-state index in [4.69, 9.17) is 14.6 Å². The van der Waals surface area contributed by atoms with Crippen LogP contribution in [0.1, 0.15) is 19.4 Å². The van der Waals surface area contributed by atoms with Crippen LogP contribution in [0.25, 0.3) is 0 Å². The predicted octanol–water partition coefficient (Wildman–Crippen LogP) is 2.53. The van der Waals surface area contributed by atoms with Crippen LogP contribution in [-0.2, 0) is 4.79 Å². The Hall–Kier alpha value is -1.91. The molecule has 0 spiro atoms. The van der Waals surface area contributed by atoms with Gasteiger partial charge in [0.2, 0.25) is 0 Å². The van der Waals surface area contributed by atoms with Gasteiger partial charge in [-0.3, -0.25) is 4.79 Å². The molecule has 0 radical (unpaired) electrons. The summed E-state index contributed by atoms with van der Waals surface area (Å²) in [6.45, 7) is 5.55. The van der Waals surface area contributed by atoms with Gasteiger partial charge in [-0.05, 0) is 32.4 Å². The maximum atomic E-state index is 11.1. The van der Waals surface area contributed by atoms with E-state index in [0.29, 0.717) is 12.3 Å². The first-order chi connectivity index (χ1) is 8.81. The van der Waals surface area contributed by atoms with Gasteiger partial charge in [0.1, 0.15) is 11.5 Å². The SMILES string of the molecule is COc1cc(NCC(C)(C)C(=O)O)c(OC)cc1C. The van der Waals surface area contributed by atoms with Gasteiger partial charge in [0.05, 0.1) is 25.3 Å². The topological polar surface area (TPSA) is 67.8 Å². The van der Waals surface area contributed by atoms with Crippen LogP contribution in [0.15, 0.2) is 12.1 Å². The molecule has 0 aliphatic rings.